The highest BCUT2D eigenvalue weighted by Gasteiger charge is 2.17. The summed E-state index contributed by atoms with van der Waals surface area (Å²) in [5, 5.41) is 3.08. The number of sulfonamides is 1. The maximum Gasteiger partial charge on any atom is 0.244 e. The Balaban J connectivity index is 2.39. The van der Waals surface area contributed by atoms with Crippen LogP contribution in [0.5, 0.6) is 0 Å². The fourth-order valence-electron chi connectivity index (χ4n) is 1.45. The van der Waals surface area contributed by atoms with Crippen LogP contribution in [-0.4, -0.2) is 77.1 Å². The molecule has 0 atom stereocenters. The van der Waals surface area contributed by atoms with Gasteiger partial charge in [0.1, 0.15) is 10.7 Å². The lowest BCUT2D eigenvalue weighted by Crippen LogP contribution is -2.22. The molecule has 0 radical (unpaired) electrons. The minimum atomic E-state index is -3.42. The van der Waals surface area contributed by atoms with Gasteiger partial charge in [-0.3, -0.25) is 0 Å². The number of likely N-dealkylation sites (N-methyl/N-ethyl adjacent to an activating group) is 1. The van der Waals surface area contributed by atoms with Crippen LogP contribution in [0.25, 0.3) is 0 Å². The average Bonchev–Trinajstić information content (AvgIpc) is 2.42. The summed E-state index contributed by atoms with van der Waals surface area (Å²) in [6.07, 6.45) is 1.35. The molecule has 0 unspecified atom stereocenters. The Morgan fingerprint density at radius 3 is 2.43 bits per heavy atom. The third-order valence-corrected chi connectivity index (χ3v) is 4.55. The SMILES string of the molecule is CN(C)CCOCCNc1ccc(S(=O)(=O)N(C)C)cn1. The zero-order valence-electron chi connectivity index (χ0n) is 13.0. The predicted octanol–water partition coefficient (Wildman–Crippen LogP) is 0.322. The molecule has 0 aliphatic carbocycles. The lowest BCUT2D eigenvalue weighted by Gasteiger charge is -2.12. The van der Waals surface area contributed by atoms with Gasteiger partial charge in [-0.1, -0.05) is 0 Å². The Hall–Kier alpha value is -1.22. The lowest BCUT2D eigenvalue weighted by atomic mass is 10.4. The molecule has 8 heteroatoms. The van der Waals surface area contributed by atoms with Crippen LogP contribution in [0.2, 0.25) is 0 Å². The minimum absolute atomic E-state index is 0.181. The lowest BCUT2D eigenvalue weighted by molar-refractivity contribution is 0.126. The van der Waals surface area contributed by atoms with Crippen molar-refractivity contribution in [1.29, 1.82) is 0 Å². The Bertz CT molecular complexity index is 515. The highest BCUT2D eigenvalue weighted by atomic mass is 32.2. The maximum absolute atomic E-state index is 11.9. The topological polar surface area (TPSA) is 74.8 Å². The van der Waals surface area contributed by atoms with E-state index in [0.29, 0.717) is 25.6 Å². The van der Waals surface area contributed by atoms with Crippen LogP contribution in [-0.2, 0) is 14.8 Å². The van der Waals surface area contributed by atoms with Crippen molar-refractivity contribution in [1.82, 2.24) is 14.2 Å². The van der Waals surface area contributed by atoms with Crippen LogP contribution < -0.4 is 5.32 Å². The molecule has 0 amide bonds. The van der Waals surface area contributed by atoms with Crippen LogP contribution >= 0.6 is 0 Å². The first-order valence-electron chi connectivity index (χ1n) is 6.69. The number of aromatic nitrogens is 1. The molecule has 21 heavy (non-hydrogen) atoms. The molecule has 0 fully saturated rings. The Kier molecular flexibility index (Phi) is 7.03. The van der Waals surface area contributed by atoms with Crippen LogP contribution in [0.15, 0.2) is 23.2 Å². The minimum Gasteiger partial charge on any atom is -0.378 e. The first-order valence-corrected chi connectivity index (χ1v) is 8.13. The molecule has 0 saturated heterocycles. The maximum atomic E-state index is 11.9. The Morgan fingerprint density at radius 1 is 1.19 bits per heavy atom. The first kappa shape index (κ1) is 17.8. The fourth-order valence-corrected chi connectivity index (χ4v) is 2.30. The second kappa shape index (κ2) is 8.28. The van der Waals surface area contributed by atoms with Gasteiger partial charge in [0.05, 0.1) is 13.2 Å². The normalized spacial score (nSPS) is 12.1. The summed E-state index contributed by atoms with van der Waals surface area (Å²) in [7, 11) is 3.55. The molecule has 1 heterocycles. The molecule has 0 aliphatic rings. The van der Waals surface area contributed by atoms with Crippen molar-refractivity contribution < 1.29 is 13.2 Å². The largest absolute Gasteiger partial charge is 0.378 e. The third-order valence-electron chi connectivity index (χ3n) is 2.75. The summed E-state index contributed by atoms with van der Waals surface area (Å²) in [6.45, 7) is 2.77. The highest BCUT2D eigenvalue weighted by Crippen LogP contribution is 2.13. The quantitative estimate of drug-likeness (QED) is 0.662. The van der Waals surface area contributed by atoms with Gasteiger partial charge in [0.15, 0.2) is 0 Å². The van der Waals surface area contributed by atoms with Crippen LogP contribution in [0.1, 0.15) is 0 Å². The van der Waals surface area contributed by atoms with Crippen LogP contribution in [0.3, 0.4) is 0 Å². The van der Waals surface area contributed by atoms with Gasteiger partial charge in [-0.15, -0.1) is 0 Å². The number of hydrogen-bond donors (Lipinski definition) is 1. The number of ether oxygens (including phenoxy) is 1. The molecule has 0 aliphatic heterocycles. The van der Waals surface area contributed by atoms with E-state index in [4.69, 9.17) is 4.74 Å². The van der Waals surface area contributed by atoms with Crippen molar-refractivity contribution in [3.8, 4) is 0 Å². The summed E-state index contributed by atoms with van der Waals surface area (Å²) >= 11 is 0. The van der Waals surface area contributed by atoms with E-state index in [9.17, 15) is 8.42 Å². The van der Waals surface area contributed by atoms with E-state index in [-0.39, 0.29) is 4.90 Å². The molecular formula is C13H24N4O3S. The third kappa shape index (κ3) is 5.96. The van der Waals surface area contributed by atoms with E-state index in [0.717, 1.165) is 10.8 Å². The van der Waals surface area contributed by atoms with E-state index in [1.807, 2.05) is 14.1 Å². The second-order valence-electron chi connectivity index (χ2n) is 5.01. The molecular weight excluding hydrogens is 292 g/mol. The van der Waals surface area contributed by atoms with Crippen LogP contribution in [0.4, 0.5) is 5.82 Å². The molecule has 0 bridgehead atoms. The highest BCUT2D eigenvalue weighted by molar-refractivity contribution is 7.89. The van der Waals surface area contributed by atoms with Gasteiger partial charge in [-0.25, -0.2) is 17.7 Å². The van der Waals surface area contributed by atoms with E-state index in [1.165, 1.54) is 26.4 Å². The number of rotatable bonds is 9. The molecule has 1 N–H and O–H groups in total. The molecule has 1 aromatic rings. The summed E-state index contributed by atoms with van der Waals surface area (Å²) in [5.74, 6) is 0.629. The Labute approximate surface area is 127 Å². The standard InChI is InChI=1S/C13H24N4O3S/c1-16(2)8-10-20-9-7-14-13-6-5-12(11-15-13)21(18,19)17(3)4/h5-6,11H,7-10H2,1-4H3,(H,14,15). The smallest absolute Gasteiger partial charge is 0.244 e. The number of pyridine rings is 1. The van der Waals surface area contributed by atoms with Crippen molar-refractivity contribution in [3.63, 3.8) is 0 Å². The molecule has 0 saturated carbocycles. The molecule has 1 aromatic heterocycles. The fraction of sp³-hybridized carbons (Fsp3) is 0.615. The van der Waals surface area contributed by atoms with Crippen molar-refractivity contribution >= 4 is 15.8 Å². The van der Waals surface area contributed by atoms with Crippen molar-refractivity contribution in [2.75, 3.05) is 59.8 Å². The number of hydrogen-bond acceptors (Lipinski definition) is 6. The number of anilines is 1. The summed E-state index contributed by atoms with van der Waals surface area (Å²) in [5.41, 5.74) is 0. The summed E-state index contributed by atoms with van der Waals surface area (Å²) in [6, 6.07) is 3.19. The van der Waals surface area contributed by atoms with E-state index in [2.05, 4.69) is 15.2 Å². The van der Waals surface area contributed by atoms with E-state index < -0.39 is 10.0 Å². The second-order valence-corrected chi connectivity index (χ2v) is 7.16. The first-order chi connectivity index (χ1) is 9.84. The molecule has 0 spiro atoms. The van der Waals surface area contributed by atoms with E-state index in [1.54, 1.807) is 6.07 Å². The van der Waals surface area contributed by atoms with Gasteiger partial charge < -0.3 is 15.0 Å². The van der Waals surface area contributed by atoms with Crippen molar-refractivity contribution in [2.24, 2.45) is 0 Å². The zero-order valence-corrected chi connectivity index (χ0v) is 13.9. The van der Waals surface area contributed by atoms with Gasteiger partial charge in [0, 0.05) is 33.4 Å². The van der Waals surface area contributed by atoms with Crippen molar-refractivity contribution in [2.45, 2.75) is 4.90 Å². The van der Waals surface area contributed by atoms with Crippen molar-refractivity contribution in [3.05, 3.63) is 18.3 Å². The molecule has 7 nitrogen and oxygen atoms in total. The predicted molar refractivity (Wildman–Crippen MR) is 83.0 cm³/mol. The average molecular weight is 316 g/mol. The van der Waals surface area contributed by atoms with Gasteiger partial charge in [0.2, 0.25) is 10.0 Å². The number of nitrogens with one attached hydrogen (secondary N) is 1. The van der Waals surface area contributed by atoms with Gasteiger partial charge in [-0.05, 0) is 26.2 Å². The van der Waals surface area contributed by atoms with Crippen LogP contribution in [0, 0.1) is 0 Å². The van der Waals surface area contributed by atoms with Gasteiger partial charge >= 0.3 is 0 Å². The van der Waals surface area contributed by atoms with Gasteiger partial charge in [0.25, 0.3) is 0 Å². The molecule has 120 valence electrons. The van der Waals surface area contributed by atoms with Gasteiger partial charge in [-0.2, -0.15) is 0 Å². The molecule has 1 rings (SSSR count). The summed E-state index contributed by atoms with van der Waals surface area (Å²) < 4.78 is 30.3. The number of nitrogens with zero attached hydrogens (tertiary/aromatic N) is 3. The summed E-state index contributed by atoms with van der Waals surface area (Å²) in [4.78, 5) is 6.33. The monoisotopic (exact) mass is 316 g/mol. The Morgan fingerprint density at radius 2 is 1.90 bits per heavy atom. The van der Waals surface area contributed by atoms with E-state index >= 15 is 0 Å². The zero-order chi connectivity index (χ0) is 15.9. The molecule has 0 aromatic carbocycles.